The molecule has 138 valence electrons. The summed E-state index contributed by atoms with van der Waals surface area (Å²) in [4.78, 5) is 13.7. The van der Waals surface area contributed by atoms with Crippen molar-refractivity contribution in [3.05, 3.63) is 54.3 Å². The summed E-state index contributed by atoms with van der Waals surface area (Å²) in [5.41, 5.74) is 0.267. The smallest absolute Gasteiger partial charge is 0.261 e. The van der Waals surface area contributed by atoms with E-state index in [-0.39, 0.29) is 23.1 Å². The predicted octanol–water partition coefficient (Wildman–Crippen LogP) is 2.63. The van der Waals surface area contributed by atoms with Gasteiger partial charge in [0, 0.05) is 18.8 Å². The van der Waals surface area contributed by atoms with Crippen LogP contribution in [0, 0.1) is 5.82 Å². The standard InChI is InChI=1S/C18H19FN2O4S/c19-14-3-5-15(6-4-14)20-26(23,24)17-9-7-16(8-10-17)25-13-18(22)21-11-1-2-12-21/h3-10,20H,1-2,11-13H2. The molecule has 1 N–H and O–H groups in total. The van der Waals surface area contributed by atoms with Gasteiger partial charge in [0.15, 0.2) is 6.61 Å². The van der Waals surface area contributed by atoms with Gasteiger partial charge in [-0.1, -0.05) is 0 Å². The van der Waals surface area contributed by atoms with Crippen LogP contribution in [0.2, 0.25) is 0 Å². The molecule has 8 heteroatoms. The van der Waals surface area contributed by atoms with Gasteiger partial charge in [0.25, 0.3) is 15.9 Å². The number of likely N-dealkylation sites (tertiary alicyclic amines) is 1. The molecule has 2 aromatic rings. The number of sulfonamides is 1. The fraction of sp³-hybridized carbons (Fsp3) is 0.278. The minimum Gasteiger partial charge on any atom is -0.484 e. The highest BCUT2D eigenvalue weighted by Crippen LogP contribution is 2.20. The zero-order valence-electron chi connectivity index (χ0n) is 14.0. The minimum atomic E-state index is -3.79. The average Bonchev–Trinajstić information content (AvgIpc) is 3.17. The van der Waals surface area contributed by atoms with Crippen LogP contribution in [0.4, 0.5) is 10.1 Å². The summed E-state index contributed by atoms with van der Waals surface area (Å²) in [6, 6.07) is 10.8. The van der Waals surface area contributed by atoms with Crippen LogP contribution in [0.15, 0.2) is 53.4 Å². The molecule has 0 saturated carbocycles. The van der Waals surface area contributed by atoms with E-state index >= 15 is 0 Å². The number of benzene rings is 2. The zero-order chi connectivity index (χ0) is 18.6. The van der Waals surface area contributed by atoms with E-state index in [1.807, 2.05) is 0 Å². The number of nitrogens with one attached hydrogen (secondary N) is 1. The maximum atomic E-state index is 12.9. The van der Waals surface area contributed by atoms with Crippen LogP contribution < -0.4 is 9.46 Å². The number of halogens is 1. The van der Waals surface area contributed by atoms with Gasteiger partial charge in [-0.3, -0.25) is 9.52 Å². The molecule has 2 aromatic carbocycles. The van der Waals surface area contributed by atoms with Gasteiger partial charge in [0.1, 0.15) is 11.6 Å². The van der Waals surface area contributed by atoms with E-state index in [9.17, 15) is 17.6 Å². The van der Waals surface area contributed by atoms with Crippen LogP contribution in [0.1, 0.15) is 12.8 Å². The second-order valence-electron chi connectivity index (χ2n) is 5.96. The molecule has 0 unspecified atom stereocenters. The number of hydrogen-bond donors (Lipinski definition) is 1. The van der Waals surface area contributed by atoms with Gasteiger partial charge in [-0.2, -0.15) is 0 Å². The predicted molar refractivity (Wildman–Crippen MR) is 95.0 cm³/mol. The van der Waals surface area contributed by atoms with Crippen molar-refractivity contribution in [2.75, 3.05) is 24.4 Å². The van der Waals surface area contributed by atoms with E-state index in [1.54, 1.807) is 4.90 Å². The molecular weight excluding hydrogens is 359 g/mol. The van der Waals surface area contributed by atoms with Crippen molar-refractivity contribution in [3.63, 3.8) is 0 Å². The topological polar surface area (TPSA) is 75.7 Å². The Morgan fingerprint density at radius 1 is 1.04 bits per heavy atom. The second-order valence-corrected chi connectivity index (χ2v) is 7.64. The summed E-state index contributed by atoms with van der Waals surface area (Å²) in [5.74, 6) is -0.103. The first-order chi connectivity index (χ1) is 12.4. The first kappa shape index (κ1) is 18.2. The van der Waals surface area contributed by atoms with Crippen molar-refractivity contribution in [1.82, 2.24) is 4.90 Å². The Kier molecular flexibility index (Phi) is 5.41. The number of carbonyl (C=O) groups is 1. The van der Waals surface area contributed by atoms with E-state index in [0.717, 1.165) is 25.9 Å². The van der Waals surface area contributed by atoms with Crippen molar-refractivity contribution < 1.29 is 22.3 Å². The van der Waals surface area contributed by atoms with Gasteiger partial charge in [-0.25, -0.2) is 12.8 Å². The van der Waals surface area contributed by atoms with Gasteiger partial charge < -0.3 is 9.64 Å². The Balaban J connectivity index is 1.60. The highest BCUT2D eigenvalue weighted by Gasteiger charge is 2.18. The van der Waals surface area contributed by atoms with E-state index in [1.165, 1.54) is 48.5 Å². The Labute approximate surface area is 151 Å². The number of ether oxygens (including phenoxy) is 1. The van der Waals surface area contributed by atoms with Gasteiger partial charge >= 0.3 is 0 Å². The lowest BCUT2D eigenvalue weighted by molar-refractivity contribution is -0.132. The molecule has 0 aliphatic carbocycles. The number of rotatable bonds is 6. The summed E-state index contributed by atoms with van der Waals surface area (Å²) >= 11 is 0. The van der Waals surface area contributed by atoms with Crippen LogP contribution in [-0.2, 0) is 14.8 Å². The van der Waals surface area contributed by atoms with Crippen molar-refractivity contribution in [2.24, 2.45) is 0 Å². The average molecular weight is 378 g/mol. The molecule has 3 rings (SSSR count). The molecule has 26 heavy (non-hydrogen) atoms. The second kappa shape index (κ2) is 7.74. The molecule has 0 atom stereocenters. The molecule has 0 bridgehead atoms. The largest absolute Gasteiger partial charge is 0.484 e. The summed E-state index contributed by atoms with van der Waals surface area (Å²) in [6.07, 6.45) is 2.03. The van der Waals surface area contributed by atoms with Crippen LogP contribution in [0.25, 0.3) is 0 Å². The van der Waals surface area contributed by atoms with Crippen molar-refractivity contribution in [2.45, 2.75) is 17.7 Å². The van der Waals surface area contributed by atoms with E-state index in [0.29, 0.717) is 5.75 Å². The van der Waals surface area contributed by atoms with Crippen molar-refractivity contribution in [3.8, 4) is 5.75 Å². The van der Waals surface area contributed by atoms with E-state index in [4.69, 9.17) is 4.74 Å². The third kappa shape index (κ3) is 4.51. The monoisotopic (exact) mass is 378 g/mol. The third-order valence-electron chi connectivity index (χ3n) is 4.05. The lowest BCUT2D eigenvalue weighted by atomic mass is 10.3. The maximum Gasteiger partial charge on any atom is 0.261 e. The normalized spacial score (nSPS) is 14.3. The minimum absolute atomic E-state index is 0.0417. The molecule has 0 radical (unpaired) electrons. The fourth-order valence-corrected chi connectivity index (χ4v) is 3.71. The number of nitrogens with zero attached hydrogens (tertiary/aromatic N) is 1. The maximum absolute atomic E-state index is 12.9. The molecule has 1 aliphatic rings. The molecule has 1 heterocycles. The van der Waals surface area contributed by atoms with Crippen molar-refractivity contribution in [1.29, 1.82) is 0 Å². The molecule has 1 amide bonds. The van der Waals surface area contributed by atoms with Gasteiger partial charge in [-0.05, 0) is 61.4 Å². The molecule has 6 nitrogen and oxygen atoms in total. The molecule has 1 saturated heterocycles. The molecular formula is C18H19FN2O4S. The van der Waals surface area contributed by atoms with Crippen LogP contribution in [-0.4, -0.2) is 38.9 Å². The molecule has 0 spiro atoms. The SMILES string of the molecule is O=C(COc1ccc(S(=O)(=O)Nc2ccc(F)cc2)cc1)N1CCCC1. The van der Waals surface area contributed by atoms with Crippen LogP contribution in [0.5, 0.6) is 5.75 Å². The zero-order valence-corrected chi connectivity index (χ0v) is 14.8. The summed E-state index contributed by atoms with van der Waals surface area (Å²) in [7, 11) is -3.79. The number of amides is 1. The van der Waals surface area contributed by atoms with Gasteiger partial charge in [0.05, 0.1) is 4.90 Å². The summed E-state index contributed by atoms with van der Waals surface area (Å²) < 4.78 is 45.4. The Hall–Kier alpha value is -2.61. The molecule has 1 aliphatic heterocycles. The van der Waals surface area contributed by atoms with E-state index in [2.05, 4.69) is 4.72 Å². The molecule has 0 aromatic heterocycles. The van der Waals surface area contributed by atoms with Crippen LogP contribution in [0.3, 0.4) is 0 Å². The quantitative estimate of drug-likeness (QED) is 0.838. The Morgan fingerprint density at radius 2 is 1.65 bits per heavy atom. The first-order valence-corrected chi connectivity index (χ1v) is 9.71. The van der Waals surface area contributed by atoms with Crippen LogP contribution >= 0.6 is 0 Å². The number of carbonyl (C=O) groups excluding carboxylic acids is 1. The fourth-order valence-electron chi connectivity index (χ4n) is 2.65. The molecule has 1 fully saturated rings. The summed E-state index contributed by atoms with van der Waals surface area (Å²) in [6.45, 7) is 1.45. The number of anilines is 1. The highest BCUT2D eigenvalue weighted by atomic mass is 32.2. The Morgan fingerprint density at radius 3 is 2.27 bits per heavy atom. The first-order valence-electron chi connectivity index (χ1n) is 8.23. The van der Waals surface area contributed by atoms with E-state index < -0.39 is 15.8 Å². The van der Waals surface area contributed by atoms with Crippen molar-refractivity contribution >= 4 is 21.6 Å². The Bertz CT molecular complexity index is 861. The van der Waals surface area contributed by atoms with Gasteiger partial charge in [-0.15, -0.1) is 0 Å². The number of hydrogen-bond acceptors (Lipinski definition) is 4. The summed E-state index contributed by atoms with van der Waals surface area (Å²) in [5, 5.41) is 0. The van der Waals surface area contributed by atoms with Gasteiger partial charge in [0.2, 0.25) is 0 Å². The lowest BCUT2D eigenvalue weighted by Gasteiger charge is -2.15. The highest BCUT2D eigenvalue weighted by molar-refractivity contribution is 7.92. The third-order valence-corrected chi connectivity index (χ3v) is 5.45. The lowest BCUT2D eigenvalue weighted by Crippen LogP contribution is -2.32.